The van der Waals surface area contributed by atoms with E-state index in [2.05, 4.69) is 5.32 Å². The van der Waals surface area contributed by atoms with E-state index < -0.39 is 17.6 Å². The van der Waals surface area contributed by atoms with Gasteiger partial charge in [0.15, 0.2) is 0 Å². The molecule has 0 unspecified atom stereocenters. The molecule has 1 aromatic carbocycles. The van der Waals surface area contributed by atoms with Gasteiger partial charge >= 0.3 is 6.18 Å². The molecular weight excluding hydrogens is 271 g/mol. The van der Waals surface area contributed by atoms with Crippen molar-refractivity contribution >= 4 is 11.6 Å². The van der Waals surface area contributed by atoms with E-state index in [9.17, 15) is 18.0 Å². The van der Waals surface area contributed by atoms with Gasteiger partial charge < -0.3 is 16.0 Å². The summed E-state index contributed by atoms with van der Waals surface area (Å²) >= 11 is 0. The number of rotatable bonds is 2. The van der Waals surface area contributed by atoms with Crippen LogP contribution >= 0.6 is 0 Å². The molecule has 1 aromatic rings. The number of primary amides is 1. The fourth-order valence-corrected chi connectivity index (χ4v) is 2.49. The van der Waals surface area contributed by atoms with Crippen LogP contribution < -0.4 is 16.0 Å². The SMILES string of the molecule is Cc1c(C(N)=O)ccc(N2CCNCC2)c1C(F)(F)F. The largest absolute Gasteiger partial charge is 0.418 e. The Kier molecular flexibility index (Phi) is 3.89. The molecule has 0 atom stereocenters. The van der Waals surface area contributed by atoms with Gasteiger partial charge in [-0.2, -0.15) is 13.2 Å². The first-order valence-electron chi connectivity index (χ1n) is 6.28. The van der Waals surface area contributed by atoms with E-state index in [0.717, 1.165) is 0 Å². The van der Waals surface area contributed by atoms with Crippen molar-refractivity contribution in [2.45, 2.75) is 13.1 Å². The number of hydrogen-bond donors (Lipinski definition) is 2. The molecule has 0 bridgehead atoms. The van der Waals surface area contributed by atoms with E-state index in [1.165, 1.54) is 19.1 Å². The molecule has 1 saturated heterocycles. The molecule has 20 heavy (non-hydrogen) atoms. The van der Waals surface area contributed by atoms with Crippen LogP contribution in [0, 0.1) is 6.92 Å². The first-order valence-corrected chi connectivity index (χ1v) is 6.28. The molecule has 0 saturated carbocycles. The molecule has 0 aliphatic carbocycles. The molecule has 7 heteroatoms. The molecule has 110 valence electrons. The number of nitrogens with two attached hydrogens (primary N) is 1. The number of carbonyl (C=O) groups excluding carboxylic acids is 1. The minimum atomic E-state index is -4.52. The van der Waals surface area contributed by atoms with Crippen molar-refractivity contribution in [2.24, 2.45) is 5.73 Å². The lowest BCUT2D eigenvalue weighted by molar-refractivity contribution is -0.137. The smallest absolute Gasteiger partial charge is 0.368 e. The van der Waals surface area contributed by atoms with Crippen LogP contribution in [-0.2, 0) is 6.18 Å². The zero-order valence-corrected chi connectivity index (χ0v) is 11.0. The summed E-state index contributed by atoms with van der Waals surface area (Å²) in [6.45, 7) is 3.55. The summed E-state index contributed by atoms with van der Waals surface area (Å²) in [5.41, 5.74) is 4.27. The van der Waals surface area contributed by atoms with Gasteiger partial charge in [-0.3, -0.25) is 4.79 Å². The summed E-state index contributed by atoms with van der Waals surface area (Å²) in [5, 5.41) is 3.09. The first kappa shape index (κ1) is 14.6. The van der Waals surface area contributed by atoms with Gasteiger partial charge in [0, 0.05) is 37.4 Å². The zero-order chi connectivity index (χ0) is 14.9. The second kappa shape index (κ2) is 5.32. The van der Waals surface area contributed by atoms with Gasteiger partial charge in [-0.05, 0) is 24.6 Å². The standard InChI is InChI=1S/C13H16F3N3O/c1-8-9(12(17)20)2-3-10(11(8)13(14,15)16)19-6-4-18-5-7-19/h2-3,18H,4-7H2,1H3,(H2,17,20). The Bertz CT molecular complexity index is 522. The molecule has 3 N–H and O–H groups in total. The topological polar surface area (TPSA) is 58.4 Å². The Labute approximate surface area is 114 Å². The van der Waals surface area contributed by atoms with Crippen LogP contribution in [0.3, 0.4) is 0 Å². The highest BCUT2D eigenvalue weighted by molar-refractivity contribution is 5.95. The number of alkyl halides is 3. The van der Waals surface area contributed by atoms with E-state index >= 15 is 0 Å². The number of anilines is 1. The van der Waals surface area contributed by atoms with E-state index in [1.807, 2.05) is 0 Å². The van der Waals surface area contributed by atoms with Crippen molar-refractivity contribution in [1.29, 1.82) is 0 Å². The molecule has 0 spiro atoms. The highest BCUT2D eigenvalue weighted by Gasteiger charge is 2.38. The fraction of sp³-hybridized carbons (Fsp3) is 0.462. The third kappa shape index (κ3) is 2.72. The van der Waals surface area contributed by atoms with Crippen molar-refractivity contribution in [3.8, 4) is 0 Å². The molecule has 1 amide bonds. The lowest BCUT2D eigenvalue weighted by Crippen LogP contribution is -2.44. The number of nitrogens with zero attached hydrogens (tertiary/aromatic N) is 1. The van der Waals surface area contributed by atoms with Crippen LogP contribution in [0.25, 0.3) is 0 Å². The Balaban J connectivity index is 2.56. The Morgan fingerprint density at radius 3 is 2.40 bits per heavy atom. The lowest BCUT2D eigenvalue weighted by Gasteiger charge is -2.32. The normalized spacial score (nSPS) is 16.3. The van der Waals surface area contributed by atoms with Crippen LogP contribution in [0.1, 0.15) is 21.5 Å². The predicted molar refractivity (Wildman–Crippen MR) is 69.8 cm³/mol. The maximum Gasteiger partial charge on any atom is 0.418 e. The maximum atomic E-state index is 13.3. The third-order valence-corrected chi connectivity index (χ3v) is 3.45. The molecule has 1 aliphatic heterocycles. The molecule has 4 nitrogen and oxygen atoms in total. The van der Waals surface area contributed by atoms with Crippen molar-refractivity contribution < 1.29 is 18.0 Å². The number of halogens is 3. The number of piperazine rings is 1. The van der Waals surface area contributed by atoms with Crippen LogP contribution in [0.2, 0.25) is 0 Å². The Morgan fingerprint density at radius 1 is 1.30 bits per heavy atom. The predicted octanol–water partition coefficient (Wildman–Crippen LogP) is 1.52. The van der Waals surface area contributed by atoms with Crippen LogP contribution in [0.5, 0.6) is 0 Å². The van der Waals surface area contributed by atoms with E-state index in [0.29, 0.717) is 26.2 Å². The number of amides is 1. The summed E-state index contributed by atoms with van der Waals surface area (Å²) < 4.78 is 39.9. The van der Waals surface area contributed by atoms with Gasteiger partial charge in [0.2, 0.25) is 5.91 Å². The van der Waals surface area contributed by atoms with E-state index in [-0.39, 0.29) is 16.8 Å². The van der Waals surface area contributed by atoms with Gasteiger partial charge in [0.25, 0.3) is 0 Å². The average Bonchev–Trinajstić information content (AvgIpc) is 2.37. The molecule has 2 rings (SSSR count). The number of nitrogens with one attached hydrogen (secondary N) is 1. The quantitative estimate of drug-likeness (QED) is 0.867. The molecule has 0 aromatic heterocycles. The lowest BCUT2D eigenvalue weighted by atomic mass is 9.98. The van der Waals surface area contributed by atoms with Gasteiger partial charge in [-0.1, -0.05) is 0 Å². The highest BCUT2D eigenvalue weighted by Crippen LogP contribution is 2.40. The average molecular weight is 287 g/mol. The monoisotopic (exact) mass is 287 g/mol. The van der Waals surface area contributed by atoms with Crippen LogP contribution in [0.4, 0.5) is 18.9 Å². The summed E-state index contributed by atoms with van der Waals surface area (Å²) in [7, 11) is 0. The fourth-order valence-electron chi connectivity index (χ4n) is 2.49. The highest BCUT2D eigenvalue weighted by atomic mass is 19.4. The third-order valence-electron chi connectivity index (χ3n) is 3.45. The molecule has 1 heterocycles. The number of carbonyl (C=O) groups is 1. The molecule has 1 fully saturated rings. The second-order valence-corrected chi connectivity index (χ2v) is 4.73. The zero-order valence-electron chi connectivity index (χ0n) is 11.0. The van der Waals surface area contributed by atoms with Crippen molar-refractivity contribution in [3.05, 3.63) is 28.8 Å². The van der Waals surface area contributed by atoms with E-state index in [4.69, 9.17) is 5.73 Å². The molecule has 1 aliphatic rings. The van der Waals surface area contributed by atoms with Gasteiger partial charge in [0.1, 0.15) is 0 Å². The summed E-state index contributed by atoms with van der Waals surface area (Å²) in [6.07, 6.45) is -4.52. The number of benzene rings is 1. The Hall–Kier alpha value is -1.76. The van der Waals surface area contributed by atoms with E-state index in [1.54, 1.807) is 4.90 Å². The van der Waals surface area contributed by atoms with Gasteiger partial charge in [-0.25, -0.2) is 0 Å². The minimum Gasteiger partial charge on any atom is -0.368 e. The maximum absolute atomic E-state index is 13.3. The first-order chi connectivity index (χ1) is 9.32. The van der Waals surface area contributed by atoms with Crippen molar-refractivity contribution in [2.75, 3.05) is 31.1 Å². The summed E-state index contributed by atoms with van der Waals surface area (Å²) in [5.74, 6) is -0.847. The number of hydrogen-bond acceptors (Lipinski definition) is 3. The molecular formula is C13H16F3N3O. The van der Waals surface area contributed by atoms with Crippen molar-refractivity contribution in [3.63, 3.8) is 0 Å². The Morgan fingerprint density at radius 2 is 1.90 bits per heavy atom. The second-order valence-electron chi connectivity index (χ2n) is 4.73. The molecule has 0 radical (unpaired) electrons. The van der Waals surface area contributed by atoms with Gasteiger partial charge in [-0.15, -0.1) is 0 Å². The van der Waals surface area contributed by atoms with Crippen molar-refractivity contribution in [1.82, 2.24) is 5.32 Å². The summed E-state index contributed by atoms with van der Waals surface area (Å²) in [6, 6.07) is 2.70. The van der Waals surface area contributed by atoms with Gasteiger partial charge in [0.05, 0.1) is 5.56 Å². The van der Waals surface area contributed by atoms with Crippen LogP contribution in [-0.4, -0.2) is 32.1 Å². The van der Waals surface area contributed by atoms with Crippen LogP contribution in [0.15, 0.2) is 12.1 Å². The summed E-state index contributed by atoms with van der Waals surface area (Å²) in [4.78, 5) is 12.9. The minimum absolute atomic E-state index is 0.0868.